The lowest BCUT2D eigenvalue weighted by atomic mass is 10.2. The Balaban J connectivity index is 2.20. The van der Waals surface area contributed by atoms with Crippen molar-refractivity contribution in [1.82, 2.24) is 4.31 Å². The van der Waals surface area contributed by atoms with Gasteiger partial charge in [0.25, 0.3) is 0 Å². The van der Waals surface area contributed by atoms with Gasteiger partial charge in [0.1, 0.15) is 5.75 Å². The number of hydrogen-bond donors (Lipinski definition) is 2. The van der Waals surface area contributed by atoms with Gasteiger partial charge >= 0.3 is 0 Å². The Morgan fingerprint density at radius 2 is 1.81 bits per heavy atom. The number of anilines is 2. The van der Waals surface area contributed by atoms with Gasteiger partial charge in [0.05, 0.1) is 41.6 Å². The van der Waals surface area contributed by atoms with E-state index in [0.29, 0.717) is 41.9 Å². The summed E-state index contributed by atoms with van der Waals surface area (Å²) in [6.07, 6.45) is 0. The molecule has 10 heteroatoms. The molecule has 0 aliphatic carbocycles. The van der Waals surface area contributed by atoms with Crippen molar-refractivity contribution in [3.05, 3.63) is 41.4 Å². The highest BCUT2D eigenvalue weighted by molar-refractivity contribution is 7.89. The third-order valence-corrected chi connectivity index (χ3v) is 6.83. The fraction of sp³-hybridized carbons (Fsp3) is 0.381. The number of methoxy groups -OCH3 is 1. The molecule has 2 rings (SSSR count). The minimum absolute atomic E-state index is 0.0775. The van der Waals surface area contributed by atoms with Crippen molar-refractivity contribution in [2.24, 2.45) is 0 Å². The quantitative estimate of drug-likeness (QED) is 0.519. The Kier molecular flexibility index (Phi) is 8.97. The molecule has 0 heterocycles. The van der Waals surface area contributed by atoms with E-state index in [1.54, 1.807) is 32.0 Å². The van der Waals surface area contributed by atoms with Crippen molar-refractivity contribution in [1.29, 1.82) is 0 Å². The van der Waals surface area contributed by atoms with Gasteiger partial charge in [-0.2, -0.15) is 4.31 Å². The summed E-state index contributed by atoms with van der Waals surface area (Å²) >= 11 is 6.16. The topological polar surface area (TPSA) is 97.0 Å². The summed E-state index contributed by atoms with van der Waals surface area (Å²) in [5, 5.41) is 6.12. The van der Waals surface area contributed by atoms with E-state index in [0.717, 1.165) is 0 Å². The van der Waals surface area contributed by atoms with Gasteiger partial charge in [0.15, 0.2) is 5.75 Å². The van der Waals surface area contributed by atoms with Crippen LogP contribution in [0.1, 0.15) is 20.8 Å². The maximum absolute atomic E-state index is 12.8. The number of benzene rings is 2. The molecule has 0 atom stereocenters. The van der Waals surface area contributed by atoms with Crippen molar-refractivity contribution in [3.8, 4) is 11.5 Å². The number of rotatable bonds is 11. The molecule has 170 valence electrons. The van der Waals surface area contributed by atoms with Crippen LogP contribution in [-0.2, 0) is 14.8 Å². The van der Waals surface area contributed by atoms with Crippen LogP contribution in [0.15, 0.2) is 41.3 Å². The number of nitrogens with zero attached hydrogens (tertiary/aromatic N) is 1. The Morgan fingerprint density at radius 1 is 1.10 bits per heavy atom. The number of carbonyl (C=O) groups is 1. The Morgan fingerprint density at radius 3 is 2.42 bits per heavy atom. The molecule has 2 aromatic carbocycles. The molecular weight excluding hydrogens is 442 g/mol. The first kappa shape index (κ1) is 24.8. The molecule has 0 saturated carbocycles. The number of para-hydroxylation sites is 1. The molecular formula is C21H28ClN3O5S. The van der Waals surface area contributed by atoms with E-state index in [1.165, 1.54) is 29.6 Å². The van der Waals surface area contributed by atoms with Crippen molar-refractivity contribution < 1.29 is 22.7 Å². The van der Waals surface area contributed by atoms with Crippen LogP contribution in [0.25, 0.3) is 0 Å². The zero-order valence-corrected chi connectivity index (χ0v) is 19.6. The normalized spacial score (nSPS) is 11.3. The van der Waals surface area contributed by atoms with Crippen LogP contribution in [0.5, 0.6) is 11.5 Å². The summed E-state index contributed by atoms with van der Waals surface area (Å²) in [5.74, 6) is 0.423. The van der Waals surface area contributed by atoms with Crippen LogP contribution >= 0.6 is 11.6 Å². The number of hydrogen-bond acceptors (Lipinski definition) is 6. The molecule has 31 heavy (non-hydrogen) atoms. The smallest absolute Gasteiger partial charge is 0.243 e. The summed E-state index contributed by atoms with van der Waals surface area (Å²) in [4.78, 5) is 12.6. The summed E-state index contributed by atoms with van der Waals surface area (Å²) in [6.45, 7) is 6.41. The number of carbonyl (C=O) groups excluding carboxylic acids is 1. The third kappa shape index (κ3) is 6.03. The van der Waals surface area contributed by atoms with Crippen LogP contribution in [0, 0.1) is 0 Å². The Hall–Kier alpha value is -2.49. The van der Waals surface area contributed by atoms with E-state index in [2.05, 4.69) is 10.6 Å². The zero-order chi connectivity index (χ0) is 23.0. The molecule has 8 nitrogen and oxygen atoms in total. The SMILES string of the molecule is CCOc1c(Cl)cccc1NCC(=O)Nc1cc(S(=O)(=O)N(CC)CC)ccc1OC. The molecule has 0 aliphatic heterocycles. The molecule has 0 unspecified atom stereocenters. The Labute approximate surface area is 188 Å². The average Bonchev–Trinajstić information content (AvgIpc) is 2.75. The molecule has 0 bridgehead atoms. The van der Waals surface area contributed by atoms with Crippen LogP contribution in [0.2, 0.25) is 5.02 Å². The number of nitrogens with one attached hydrogen (secondary N) is 2. The first-order valence-electron chi connectivity index (χ1n) is 9.91. The highest BCUT2D eigenvalue weighted by Gasteiger charge is 2.23. The van der Waals surface area contributed by atoms with Crippen molar-refractivity contribution in [2.45, 2.75) is 25.7 Å². The summed E-state index contributed by atoms with van der Waals surface area (Å²) in [7, 11) is -2.23. The first-order chi connectivity index (χ1) is 14.8. The van der Waals surface area contributed by atoms with E-state index in [1.807, 2.05) is 6.92 Å². The zero-order valence-electron chi connectivity index (χ0n) is 18.1. The monoisotopic (exact) mass is 469 g/mol. The number of sulfonamides is 1. The number of ether oxygens (including phenoxy) is 2. The standard InChI is InChI=1S/C21H28ClN3O5S/c1-5-25(6-2)31(27,28)15-11-12-19(29-4)18(13-15)24-20(26)14-23-17-10-8-9-16(22)21(17)30-7-3/h8-13,23H,5-7,14H2,1-4H3,(H,24,26). The Bertz CT molecular complexity index is 1010. The predicted molar refractivity (Wildman–Crippen MR) is 123 cm³/mol. The molecule has 1 amide bonds. The number of amides is 1. The summed E-state index contributed by atoms with van der Waals surface area (Å²) in [6, 6.07) is 9.57. The van der Waals surface area contributed by atoms with Gasteiger partial charge in [-0.1, -0.05) is 31.5 Å². The maximum atomic E-state index is 12.8. The van der Waals surface area contributed by atoms with Gasteiger partial charge in [-0.3, -0.25) is 4.79 Å². The minimum Gasteiger partial charge on any atom is -0.495 e. The molecule has 0 spiro atoms. The van der Waals surface area contributed by atoms with Crippen LogP contribution in [0.3, 0.4) is 0 Å². The van der Waals surface area contributed by atoms with Gasteiger partial charge in [0.2, 0.25) is 15.9 Å². The van der Waals surface area contributed by atoms with E-state index in [9.17, 15) is 13.2 Å². The van der Waals surface area contributed by atoms with Crippen LogP contribution < -0.4 is 20.1 Å². The van der Waals surface area contributed by atoms with E-state index >= 15 is 0 Å². The molecule has 0 fully saturated rings. The van der Waals surface area contributed by atoms with Gasteiger partial charge < -0.3 is 20.1 Å². The summed E-state index contributed by atoms with van der Waals surface area (Å²) in [5.41, 5.74) is 0.841. The molecule has 0 saturated heterocycles. The van der Waals surface area contributed by atoms with Crippen molar-refractivity contribution >= 4 is 38.9 Å². The second-order valence-electron chi connectivity index (χ2n) is 6.40. The van der Waals surface area contributed by atoms with Gasteiger partial charge in [-0.05, 0) is 37.3 Å². The summed E-state index contributed by atoms with van der Waals surface area (Å²) < 4.78 is 37.8. The van der Waals surface area contributed by atoms with E-state index < -0.39 is 15.9 Å². The average molecular weight is 470 g/mol. The first-order valence-corrected chi connectivity index (χ1v) is 11.7. The van der Waals surface area contributed by atoms with Crippen LogP contribution in [-0.4, -0.2) is 52.0 Å². The number of halogens is 1. The van der Waals surface area contributed by atoms with Gasteiger partial charge in [-0.15, -0.1) is 0 Å². The minimum atomic E-state index is -3.68. The van der Waals surface area contributed by atoms with E-state index in [4.69, 9.17) is 21.1 Å². The molecule has 2 aromatic rings. The van der Waals surface area contributed by atoms with E-state index in [-0.39, 0.29) is 17.1 Å². The lowest BCUT2D eigenvalue weighted by molar-refractivity contribution is -0.114. The second kappa shape index (κ2) is 11.2. The molecule has 2 N–H and O–H groups in total. The largest absolute Gasteiger partial charge is 0.495 e. The fourth-order valence-corrected chi connectivity index (χ4v) is 4.68. The highest BCUT2D eigenvalue weighted by atomic mass is 35.5. The maximum Gasteiger partial charge on any atom is 0.243 e. The van der Waals surface area contributed by atoms with Crippen LogP contribution in [0.4, 0.5) is 11.4 Å². The third-order valence-electron chi connectivity index (χ3n) is 4.48. The fourth-order valence-electron chi connectivity index (χ4n) is 2.97. The van der Waals surface area contributed by atoms with Crippen molar-refractivity contribution in [2.75, 3.05) is 44.0 Å². The lowest BCUT2D eigenvalue weighted by Gasteiger charge is -2.20. The highest BCUT2D eigenvalue weighted by Crippen LogP contribution is 2.33. The molecule has 0 aliphatic rings. The predicted octanol–water partition coefficient (Wildman–Crippen LogP) is 3.83. The van der Waals surface area contributed by atoms with Gasteiger partial charge in [0, 0.05) is 13.1 Å². The lowest BCUT2D eigenvalue weighted by Crippen LogP contribution is -2.30. The molecule has 0 radical (unpaired) electrons. The molecule has 0 aromatic heterocycles. The van der Waals surface area contributed by atoms with Crippen molar-refractivity contribution in [3.63, 3.8) is 0 Å². The second-order valence-corrected chi connectivity index (χ2v) is 8.75. The van der Waals surface area contributed by atoms with Gasteiger partial charge in [-0.25, -0.2) is 8.42 Å².